The van der Waals surface area contributed by atoms with Crippen molar-refractivity contribution < 1.29 is 9.90 Å². The summed E-state index contributed by atoms with van der Waals surface area (Å²) >= 11 is 5.95. The van der Waals surface area contributed by atoms with Gasteiger partial charge in [0, 0.05) is 6.20 Å². The third-order valence-corrected chi connectivity index (χ3v) is 2.53. The van der Waals surface area contributed by atoms with Crippen molar-refractivity contribution >= 4 is 23.3 Å². The van der Waals surface area contributed by atoms with Crippen molar-refractivity contribution in [3.8, 4) is 11.9 Å². The largest absolute Gasteiger partial charge is 0.476 e. The molecule has 0 radical (unpaired) electrons. The van der Waals surface area contributed by atoms with Crippen molar-refractivity contribution in [3.63, 3.8) is 0 Å². The average molecular weight is 264 g/mol. The quantitative estimate of drug-likeness (QED) is 0.837. The summed E-state index contributed by atoms with van der Waals surface area (Å²) in [6.45, 7) is 0. The lowest BCUT2D eigenvalue weighted by Gasteiger charge is -2.03. The molecule has 0 saturated heterocycles. The van der Waals surface area contributed by atoms with Crippen LogP contribution in [-0.4, -0.2) is 25.8 Å². The molecule has 2 heterocycles. The highest BCUT2D eigenvalue weighted by Crippen LogP contribution is 2.23. The third kappa shape index (κ3) is 1.85. The molecule has 2 aromatic rings. The predicted molar refractivity (Wildman–Crippen MR) is 62.5 cm³/mol. The van der Waals surface area contributed by atoms with Gasteiger partial charge in [-0.15, -0.1) is 0 Å². The fraction of sp³-hybridized carbons (Fsp3) is 0. The number of aromatic nitrogens is 3. The van der Waals surface area contributed by atoms with E-state index >= 15 is 0 Å². The lowest BCUT2D eigenvalue weighted by molar-refractivity contribution is 0.0691. The minimum Gasteiger partial charge on any atom is -0.476 e. The molecule has 7 nitrogen and oxygen atoms in total. The molecule has 0 amide bonds. The summed E-state index contributed by atoms with van der Waals surface area (Å²) in [6, 6.07) is 3.33. The smallest absolute Gasteiger partial charge is 0.358 e. The zero-order valence-electron chi connectivity index (χ0n) is 8.83. The summed E-state index contributed by atoms with van der Waals surface area (Å²) < 4.78 is 1.13. The van der Waals surface area contributed by atoms with Gasteiger partial charge in [-0.05, 0) is 6.07 Å². The Hall–Kier alpha value is -2.59. The van der Waals surface area contributed by atoms with Gasteiger partial charge in [-0.2, -0.15) is 10.4 Å². The zero-order valence-corrected chi connectivity index (χ0v) is 9.59. The van der Waals surface area contributed by atoms with Crippen LogP contribution in [0.2, 0.25) is 5.02 Å². The van der Waals surface area contributed by atoms with E-state index in [-0.39, 0.29) is 27.8 Å². The maximum absolute atomic E-state index is 10.8. The highest BCUT2D eigenvalue weighted by Gasteiger charge is 2.17. The highest BCUT2D eigenvalue weighted by molar-refractivity contribution is 6.33. The van der Waals surface area contributed by atoms with Crippen LogP contribution in [0, 0.1) is 11.3 Å². The molecule has 0 unspecified atom stereocenters. The molecule has 90 valence electrons. The summed E-state index contributed by atoms with van der Waals surface area (Å²) in [5.74, 6) is -1.10. The summed E-state index contributed by atoms with van der Waals surface area (Å²) in [4.78, 5) is 14.8. The van der Waals surface area contributed by atoms with E-state index in [9.17, 15) is 4.79 Å². The molecule has 0 aliphatic heterocycles. The van der Waals surface area contributed by atoms with E-state index in [4.69, 9.17) is 27.7 Å². The fourth-order valence-electron chi connectivity index (χ4n) is 1.34. The molecule has 8 heteroatoms. The van der Waals surface area contributed by atoms with Gasteiger partial charge in [-0.1, -0.05) is 11.6 Å². The van der Waals surface area contributed by atoms with Crippen LogP contribution in [0.4, 0.5) is 5.69 Å². The Morgan fingerprint density at radius 1 is 1.61 bits per heavy atom. The number of nitrogens with two attached hydrogens (primary N) is 1. The number of nitriles is 1. The van der Waals surface area contributed by atoms with E-state index in [0.29, 0.717) is 0 Å². The second kappa shape index (κ2) is 4.35. The number of carbonyl (C=O) groups is 1. The van der Waals surface area contributed by atoms with Crippen LogP contribution >= 0.6 is 11.6 Å². The first-order chi connectivity index (χ1) is 8.54. The maximum Gasteiger partial charge on any atom is 0.358 e. The number of rotatable bonds is 2. The van der Waals surface area contributed by atoms with Crippen molar-refractivity contribution in [3.05, 3.63) is 34.7 Å². The minimum atomic E-state index is -1.25. The van der Waals surface area contributed by atoms with Gasteiger partial charge >= 0.3 is 5.97 Å². The van der Waals surface area contributed by atoms with Gasteiger partial charge in [0.1, 0.15) is 11.1 Å². The van der Waals surface area contributed by atoms with Gasteiger partial charge in [-0.3, -0.25) is 0 Å². The standard InChI is InChI=1S/C10H6ClN5O2/c11-7-5(3-12)1-2-14-9(7)16-4-6(13)8(15-16)10(17)18/h1-2,4H,13H2,(H,17,18). The first kappa shape index (κ1) is 11.9. The van der Waals surface area contributed by atoms with Gasteiger partial charge < -0.3 is 10.8 Å². The van der Waals surface area contributed by atoms with Gasteiger partial charge in [0.2, 0.25) is 0 Å². The van der Waals surface area contributed by atoms with E-state index in [0.717, 1.165) is 4.68 Å². The van der Waals surface area contributed by atoms with Crippen molar-refractivity contribution in [1.82, 2.24) is 14.8 Å². The van der Waals surface area contributed by atoms with Crippen molar-refractivity contribution in [2.45, 2.75) is 0 Å². The van der Waals surface area contributed by atoms with Crippen LogP contribution in [0.5, 0.6) is 0 Å². The van der Waals surface area contributed by atoms with E-state index in [2.05, 4.69) is 10.1 Å². The molecular weight excluding hydrogens is 258 g/mol. The number of hydrogen-bond acceptors (Lipinski definition) is 5. The number of anilines is 1. The number of aromatic carboxylic acids is 1. The molecule has 3 N–H and O–H groups in total. The molecule has 0 aliphatic rings. The zero-order chi connectivity index (χ0) is 13.3. The minimum absolute atomic E-state index is 0.0114. The maximum atomic E-state index is 10.8. The van der Waals surface area contributed by atoms with E-state index in [1.54, 1.807) is 0 Å². The number of nitrogens with zero attached hydrogens (tertiary/aromatic N) is 4. The second-order valence-corrected chi connectivity index (χ2v) is 3.67. The van der Waals surface area contributed by atoms with Crippen LogP contribution in [0.1, 0.15) is 16.1 Å². The molecule has 0 bridgehead atoms. The topological polar surface area (TPSA) is 118 Å². The van der Waals surface area contributed by atoms with E-state index in [1.807, 2.05) is 6.07 Å². The number of halogens is 1. The van der Waals surface area contributed by atoms with Gasteiger partial charge in [0.25, 0.3) is 0 Å². The second-order valence-electron chi connectivity index (χ2n) is 3.29. The monoisotopic (exact) mass is 263 g/mol. The van der Waals surface area contributed by atoms with Gasteiger partial charge in [0.15, 0.2) is 11.5 Å². The van der Waals surface area contributed by atoms with Crippen LogP contribution in [-0.2, 0) is 0 Å². The molecule has 2 rings (SSSR count). The molecule has 0 aromatic carbocycles. The lowest BCUT2D eigenvalue weighted by atomic mass is 10.3. The molecule has 0 fully saturated rings. The van der Waals surface area contributed by atoms with E-state index < -0.39 is 5.97 Å². The molecule has 0 aliphatic carbocycles. The Morgan fingerprint density at radius 2 is 2.33 bits per heavy atom. The predicted octanol–water partition coefficient (Wildman–Crippen LogP) is 1.07. The van der Waals surface area contributed by atoms with Crippen molar-refractivity contribution in [1.29, 1.82) is 5.26 Å². The Bertz CT molecular complexity index is 673. The number of nitrogen functional groups attached to an aromatic ring is 1. The first-order valence-electron chi connectivity index (χ1n) is 4.68. The Balaban J connectivity index is 2.60. The lowest BCUT2D eigenvalue weighted by Crippen LogP contribution is -2.04. The number of hydrogen-bond donors (Lipinski definition) is 2. The summed E-state index contributed by atoms with van der Waals surface area (Å²) in [7, 11) is 0. The summed E-state index contributed by atoms with van der Waals surface area (Å²) in [5.41, 5.74) is 5.41. The number of carboxylic acid groups (broad SMARTS) is 1. The van der Waals surface area contributed by atoms with Gasteiger partial charge in [0.05, 0.1) is 17.4 Å². The van der Waals surface area contributed by atoms with Crippen LogP contribution < -0.4 is 5.73 Å². The van der Waals surface area contributed by atoms with Gasteiger partial charge in [-0.25, -0.2) is 14.5 Å². The molecule has 18 heavy (non-hydrogen) atoms. The number of carboxylic acids is 1. The third-order valence-electron chi connectivity index (χ3n) is 2.15. The summed E-state index contributed by atoms with van der Waals surface area (Å²) in [5, 5.41) is 21.5. The fourth-order valence-corrected chi connectivity index (χ4v) is 1.58. The van der Waals surface area contributed by atoms with Crippen LogP contribution in [0.15, 0.2) is 18.5 Å². The average Bonchev–Trinajstić information content (AvgIpc) is 2.71. The normalized spacial score (nSPS) is 10.0. The van der Waals surface area contributed by atoms with E-state index in [1.165, 1.54) is 18.5 Å². The summed E-state index contributed by atoms with van der Waals surface area (Å²) in [6.07, 6.45) is 2.65. The molecule has 0 saturated carbocycles. The first-order valence-corrected chi connectivity index (χ1v) is 5.05. The Kier molecular flexibility index (Phi) is 2.87. The SMILES string of the molecule is N#Cc1ccnc(-n2cc(N)c(C(=O)O)n2)c1Cl. The Labute approximate surface area is 106 Å². The number of pyridine rings is 1. The van der Waals surface area contributed by atoms with Crippen molar-refractivity contribution in [2.24, 2.45) is 0 Å². The molecule has 2 aromatic heterocycles. The van der Waals surface area contributed by atoms with Crippen molar-refractivity contribution in [2.75, 3.05) is 5.73 Å². The van der Waals surface area contributed by atoms with Crippen LogP contribution in [0.25, 0.3) is 5.82 Å². The Morgan fingerprint density at radius 3 is 2.89 bits per heavy atom. The molecule has 0 spiro atoms. The molecular formula is C10H6ClN5O2. The van der Waals surface area contributed by atoms with Crippen LogP contribution in [0.3, 0.4) is 0 Å². The highest BCUT2D eigenvalue weighted by atomic mass is 35.5. The molecule has 0 atom stereocenters.